The number of hydrogen-bond donors (Lipinski definition) is 1. The quantitative estimate of drug-likeness (QED) is 0.877. The van der Waals surface area contributed by atoms with Crippen LogP contribution in [0.1, 0.15) is 19.3 Å². The first-order chi connectivity index (χ1) is 11.1. The molecule has 3 atom stereocenters. The van der Waals surface area contributed by atoms with E-state index in [2.05, 4.69) is 10.3 Å². The average molecular weight is 319 g/mol. The summed E-state index contributed by atoms with van der Waals surface area (Å²) in [6, 6.07) is 3.59. The van der Waals surface area contributed by atoms with Crippen LogP contribution >= 0.6 is 0 Å². The van der Waals surface area contributed by atoms with Gasteiger partial charge in [-0.15, -0.1) is 0 Å². The molecule has 2 saturated heterocycles. The summed E-state index contributed by atoms with van der Waals surface area (Å²) in [6.07, 6.45) is 4.13. The summed E-state index contributed by atoms with van der Waals surface area (Å²) in [5.41, 5.74) is 0.633. The molecule has 0 saturated carbocycles. The van der Waals surface area contributed by atoms with Gasteiger partial charge in [0.25, 0.3) is 0 Å². The lowest BCUT2D eigenvalue weighted by atomic mass is 9.88. The number of carbonyl (C=O) groups is 2. The molecule has 2 aliphatic rings. The second-order valence-corrected chi connectivity index (χ2v) is 5.95. The molecule has 0 aromatic carbocycles. The van der Waals surface area contributed by atoms with E-state index in [-0.39, 0.29) is 36.4 Å². The summed E-state index contributed by atoms with van der Waals surface area (Å²) in [5, 5.41) is 2.89. The van der Waals surface area contributed by atoms with Crippen LogP contribution in [-0.4, -0.2) is 54.6 Å². The van der Waals surface area contributed by atoms with E-state index < -0.39 is 0 Å². The molecular weight excluding hydrogens is 298 g/mol. The zero-order valence-corrected chi connectivity index (χ0v) is 13.3. The Morgan fingerprint density at radius 1 is 1.35 bits per heavy atom. The Hall–Kier alpha value is -2.15. The van der Waals surface area contributed by atoms with Gasteiger partial charge in [0, 0.05) is 25.3 Å². The van der Waals surface area contributed by atoms with Crippen LogP contribution in [0, 0.1) is 5.92 Å². The third kappa shape index (κ3) is 3.01. The van der Waals surface area contributed by atoms with Gasteiger partial charge < -0.3 is 19.7 Å². The molecule has 0 spiro atoms. The van der Waals surface area contributed by atoms with E-state index >= 15 is 0 Å². The smallest absolute Gasteiger partial charge is 0.249 e. The molecule has 0 radical (unpaired) electrons. The molecule has 1 N–H and O–H groups in total. The Kier molecular flexibility index (Phi) is 4.47. The van der Waals surface area contributed by atoms with Crippen LogP contribution < -0.4 is 10.1 Å². The molecule has 3 heterocycles. The van der Waals surface area contributed by atoms with E-state index in [1.54, 1.807) is 25.4 Å². The minimum absolute atomic E-state index is 0.0196. The third-order valence-electron chi connectivity index (χ3n) is 4.64. The highest BCUT2D eigenvalue weighted by Crippen LogP contribution is 2.42. The van der Waals surface area contributed by atoms with Gasteiger partial charge in [-0.2, -0.15) is 0 Å². The number of nitrogens with one attached hydrogen (secondary N) is 1. The van der Waals surface area contributed by atoms with Crippen molar-refractivity contribution in [3.63, 3.8) is 0 Å². The van der Waals surface area contributed by atoms with Crippen LogP contribution in [0.2, 0.25) is 0 Å². The number of fused-ring (bicyclic) bond motifs is 2. The van der Waals surface area contributed by atoms with Crippen LogP contribution in [-0.2, 0) is 14.3 Å². The number of hydrogen-bond acceptors (Lipinski definition) is 5. The first kappa shape index (κ1) is 15.7. The van der Waals surface area contributed by atoms with Crippen LogP contribution in [0.5, 0.6) is 5.88 Å². The second kappa shape index (κ2) is 6.54. The highest BCUT2D eigenvalue weighted by Gasteiger charge is 2.50. The Balaban J connectivity index is 1.65. The molecule has 0 unspecified atom stereocenters. The molecule has 7 nitrogen and oxygen atoms in total. The van der Waals surface area contributed by atoms with Crippen molar-refractivity contribution >= 4 is 17.5 Å². The fourth-order valence-corrected chi connectivity index (χ4v) is 3.67. The van der Waals surface area contributed by atoms with Crippen LogP contribution in [0.4, 0.5) is 5.69 Å². The summed E-state index contributed by atoms with van der Waals surface area (Å²) in [7, 11) is 3.05. The van der Waals surface area contributed by atoms with Gasteiger partial charge in [-0.25, -0.2) is 4.98 Å². The summed E-state index contributed by atoms with van der Waals surface area (Å²) in [6.45, 7) is 0.0732. The first-order valence-corrected chi connectivity index (χ1v) is 7.75. The molecule has 1 aromatic rings. The summed E-state index contributed by atoms with van der Waals surface area (Å²) >= 11 is 0. The zero-order valence-electron chi connectivity index (χ0n) is 13.3. The number of rotatable bonds is 5. The molecule has 23 heavy (non-hydrogen) atoms. The fraction of sp³-hybridized carbons (Fsp3) is 0.562. The molecule has 3 rings (SSSR count). The van der Waals surface area contributed by atoms with Gasteiger partial charge in [0.1, 0.15) is 6.61 Å². The van der Waals surface area contributed by atoms with Crippen LogP contribution in [0.3, 0.4) is 0 Å². The summed E-state index contributed by atoms with van der Waals surface area (Å²) in [5.74, 6) is 0.247. The number of carbonyl (C=O) groups excluding carboxylic acids is 2. The molecule has 124 valence electrons. The minimum atomic E-state index is -0.170. The topological polar surface area (TPSA) is 80.8 Å². The fourth-order valence-electron chi connectivity index (χ4n) is 3.67. The lowest BCUT2D eigenvalue weighted by molar-refractivity contribution is -0.136. The second-order valence-electron chi connectivity index (χ2n) is 5.95. The van der Waals surface area contributed by atoms with Gasteiger partial charge in [0.05, 0.1) is 24.9 Å². The third-order valence-corrected chi connectivity index (χ3v) is 4.64. The summed E-state index contributed by atoms with van der Waals surface area (Å²) in [4.78, 5) is 30.6. The normalized spacial score (nSPS) is 25.5. The lowest BCUT2D eigenvalue weighted by Gasteiger charge is -2.23. The molecule has 7 heteroatoms. The van der Waals surface area contributed by atoms with Gasteiger partial charge >= 0.3 is 0 Å². The van der Waals surface area contributed by atoms with E-state index in [1.165, 1.54) is 7.11 Å². The van der Waals surface area contributed by atoms with Crippen molar-refractivity contribution in [1.29, 1.82) is 0 Å². The number of nitrogens with zero attached hydrogens (tertiary/aromatic N) is 2. The minimum Gasteiger partial charge on any atom is -0.481 e. The van der Waals surface area contributed by atoms with Crippen LogP contribution in [0.25, 0.3) is 0 Å². The van der Waals surface area contributed by atoms with Gasteiger partial charge in [0.2, 0.25) is 17.7 Å². The van der Waals surface area contributed by atoms with Crippen molar-refractivity contribution in [1.82, 2.24) is 9.88 Å². The van der Waals surface area contributed by atoms with Gasteiger partial charge in [-0.3, -0.25) is 9.59 Å². The van der Waals surface area contributed by atoms with Gasteiger partial charge in [-0.1, -0.05) is 0 Å². The number of anilines is 1. The molecule has 2 aliphatic heterocycles. The molecule has 1 aromatic heterocycles. The largest absolute Gasteiger partial charge is 0.481 e. The predicted molar refractivity (Wildman–Crippen MR) is 83.1 cm³/mol. The van der Waals surface area contributed by atoms with Crippen molar-refractivity contribution in [3.05, 3.63) is 18.3 Å². The maximum atomic E-state index is 12.5. The van der Waals surface area contributed by atoms with E-state index in [4.69, 9.17) is 9.47 Å². The molecular formula is C16H21N3O4. The maximum absolute atomic E-state index is 12.5. The van der Waals surface area contributed by atoms with E-state index in [0.717, 1.165) is 19.3 Å². The highest BCUT2D eigenvalue weighted by molar-refractivity contribution is 5.94. The monoisotopic (exact) mass is 319 g/mol. The first-order valence-electron chi connectivity index (χ1n) is 7.75. The van der Waals surface area contributed by atoms with Crippen molar-refractivity contribution in [2.75, 3.05) is 26.1 Å². The SMILES string of the molecule is COCC(=O)N1[C@H]2CC[C@H]1[C@@H](C(=O)Nc1ccc(OC)nc1)C2. The Bertz CT molecular complexity index is 589. The van der Waals surface area contributed by atoms with Crippen molar-refractivity contribution in [2.45, 2.75) is 31.3 Å². The van der Waals surface area contributed by atoms with E-state index in [9.17, 15) is 9.59 Å². The number of pyridine rings is 1. The van der Waals surface area contributed by atoms with Crippen molar-refractivity contribution < 1.29 is 19.1 Å². The van der Waals surface area contributed by atoms with Crippen molar-refractivity contribution in [2.24, 2.45) is 5.92 Å². The standard InChI is InChI=1S/C16H21N3O4/c1-22-9-15(20)19-11-4-5-13(19)12(7-11)16(21)18-10-3-6-14(23-2)17-8-10/h3,6,8,11-13H,4-5,7,9H2,1-2H3,(H,18,21)/t11-,12-,13-/m0/s1. The number of ether oxygens (including phenoxy) is 2. The predicted octanol–water partition coefficient (Wildman–Crippen LogP) is 1.05. The lowest BCUT2D eigenvalue weighted by Crippen LogP contribution is -2.40. The zero-order chi connectivity index (χ0) is 16.4. The molecule has 0 aliphatic carbocycles. The molecule has 2 bridgehead atoms. The van der Waals surface area contributed by atoms with Crippen LogP contribution in [0.15, 0.2) is 18.3 Å². The van der Waals surface area contributed by atoms with E-state index in [1.807, 2.05) is 4.90 Å². The maximum Gasteiger partial charge on any atom is 0.249 e. The number of aromatic nitrogens is 1. The van der Waals surface area contributed by atoms with Gasteiger partial charge in [-0.05, 0) is 25.3 Å². The molecule has 2 fully saturated rings. The number of methoxy groups -OCH3 is 2. The number of amides is 2. The Labute approximate surface area is 135 Å². The Morgan fingerprint density at radius 2 is 2.17 bits per heavy atom. The molecule has 2 amide bonds. The summed E-state index contributed by atoms with van der Waals surface area (Å²) < 4.78 is 9.94. The highest BCUT2D eigenvalue weighted by atomic mass is 16.5. The van der Waals surface area contributed by atoms with Gasteiger partial charge in [0.15, 0.2) is 0 Å². The average Bonchev–Trinajstić information content (AvgIpc) is 3.14. The van der Waals surface area contributed by atoms with Crippen molar-refractivity contribution in [3.8, 4) is 5.88 Å². The Morgan fingerprint density at radius 3 is 2.83 bits per heavy atom. The van der Waals surface area contributed by atoms with E-state index in [0.29, 0.717) is 11.6 Å².